The van der Waals surface area contributed by atoms with Gasteiger partial charge >= 0.3 is 0 Å². The Morgan fingerprint density at radius 3 is 2.81 bits per heavy atom. The summed E-state index contributed by atoms with van der Waals surface area (Å²) >= 11 is 0. The van der Waals surface area contributed by atoms with E-state index in [1.165, 1.54) is 6.33 Å². The third kappa shape index (κ3) is 3.55. The summed E-state index contributed by atoms with van der Waals surface area (Å²) in [5.74, 6) is 0.624. The molecule has 1 aromatic rings. The molecule has 10 heteroatoms. The van der Waals surface area contributed by atoms with E-state index in [1.54, 1.807) is 4.68 Å². The first kappa shape index (κ1) is 18.3. The average molecular weight is 376 g/mol. The Kier molecular flexibility index (Phi) is 4.85. The molecular weight excluding hydrogens is 348 g/mol. The summed E-state index contributed by atoms with van der Waals surface area (Å²) in [7, 11) is 0. The second-order valence-electron chi connectivity index (χ2n) is 8.54. The SMILES string of the molecule is CC(C)CN1CC2(CCN(C(=O)C3CNNC3n3cnnn3)CC2)CC1=O. The molecule has 0 aliphatic carbocycles. The Balaban J connectivity index is 1.37. The molecule has 4 rings (SSSR count). The summed E-state index contributed by atoms with van der Waals surface area (Å²) in [5.41, 5.74) is 6.17. The van der Waals surface area contributed by atoms with E-state index in [2.05, 4.69) is 40.2 Å². The van der Waals surface area contributed by atoms with Crippen molar-refractivity contribution < 1.29 is 9.59 Å². The van der Waals surface area contributed by atoms with Gasteiger partial charge in [0, 0.05) is 44.6 Å². The number of hydrazine groups is 1. The number of hydrogen-bond donors (Lipinski definition) is 2. The number of rotatable bonds is 4. The molecule has 2 N–H and O–H groups in total. The molecule has 148 valence electrons. The van der Waals surface area contributed by atoms with Gasteiger partial charge in [-0.15, -0.1) is 5.10 Å². The molecule has 3 saturated heterocycles. The monoisotopic (exact) mass is 376 g/mol. The number of carbonyl (C=O) groups is 2. The number of hydrogen-bond acceptors (Lipinski definition) is 7. The van der Waals surface area contributed by atoms with Gasteiger partial charge in [0.25, 0.3) is 0 Å². The molecule has 0 saturated carbocycles. The summed E-state index contributed by atoms with van der Waals surface area (Å²) in [6, 6.07) is 0. The first-order chi connectivity index (χ1) is 13.0. The van der Waals surface area contributed by atoms with Crippen LogP contribution in [0.5, 0.6) is 0 Å². The molecule has 1 spiro atoms. The van der Waals surface area contributed by atoms with Crippen molar-refractivity contribution in [1.82, 2.24) is 40.9 Å². The van der Waals surface area contributed by atoms with Gasteiger partial charge < -0.3 is 9.80 Å². The van der Waals surface area contributed by atoms with Gasteiger partial charge in [-0.1, -0.05) is 13.8 Å². The third-order valence-corrected chi connectivity index (χ3v) is 6.05. The van der Waals surface area contributed by atoms with Crippen LogP contribution in [-0.4, -0.2) is 74.5 Å². The van der Waals surface area contributed by atoms with Crippen molar-refractivity contribution >= 4 is 11.8 Å². The Morgan fingerprint density at radius 1 is 1.37 bits per heavy atom. The highest BCUT2D eigenvalue weighted by atomic mass is 16.2. The van der Waals surface area contributed by atoms with Gasteiger partial charge in [-0.25, -0.2) is 10.1 Å². The quantitative estimate of drug-likeness (QED) is 0.722. The Hall–Kier alpha value is -2.07. The molecule has 0 aromatic carbocycles. The molecule has 2 unspecified atom stereocenters. The fourth-order valence-electron chi connectivity index (χ4n) is 4.61. The van der Waals surface area contributed by atoms with Crippen LogP contribution in [0.4, 0.5) is 0 Å². The summed E-state index contributed by atoms with van der Waals surface area (Å²) in [6.45, 7) is 7.92. The second-order valence-corrected chi connectivity index (χ2v) is 8.54. The predicted molar refractivity (Wildman–Crippen MR) is 95.8 cm³/mol. The van der Waals surface area contributed by atoms with E-state index in [-0.39, 0.29) is 29.3 Å². The first-order valence-corrected chi connectivity index (χ1v) is 9.75. The van der Waals surface area contributed by atoms with Crippen LogP contribution in [0, 0.1) is 17.3 Å². The fourth-order valence-corrected chi connectivity index (χ4v) is 4.61. The molecule has 0 radical (unpaired) electrons. The predicted octanol–water partition coefficient (Wildman–Crippen LogP) is -0.607. The minimum Gasteiger partial charge on any atom is -0.342 e. The number of amides is 2. The number of likely N-dealkylation sites (tertiary alicyclic amines) is 2. The van der Waals surface area contributed by atoms with E-state index >= 15 is 0 Å². The van der Waals surface area contributed by atoms with Crippen molar-refractivity contribution in [3.63, 3.8) is 0 Å². The maximum absolute atomic E-state index is 13.1. The lowest BCUT2D eigenvalue weighted by Crippen LogP contribution is -2.48. The molecule has 4 heterocycles. The maximum atomic E-state index is 13.1. The lowest BCUT2D eigenvalue weighted by Gasteiger charge is -2.40. The minimum atomic E-state index is -0.280. The average Bonchev–Trinajstić information content (AvgIpc) is 3.36. The summed E-state index contributed by atoms with van der Waals surface area (Å²) in [5, 5.41) is 11.2. The van der Waals surface area contributed by atoms with Crippen LogP contribution in [0.2, 0.25) is 0 Å². The Morgan fingerprint density at radius 2 is 2.15 bits per heavy atom. The van der Waals surface area contributed by atoms with Crippen LogP contribution < -0.4 is 10.9 Å². The standard InChI is InChI=1S/C17H28N8O2/c1-12(2)9-24-10-17(7-14(24)26)3-5-23(6-4-17)16(27)13-8-18-20-15(13)25-11-19-21-22-25/h11-13,15,18,20H,3-10H2,1-2H3. The number of tetrazole rings is 1. The topological polar surface area (TPSA) is 108 Å². The van der Waals surface area contributed by atoms with Gasteiger partial charge in [-0.05, 0) is 29.2 Å². The van der Waals surface area contributed by atoms with Crippen molar-refractivity contribution in [2.45, 2.75) is 39.3 Å². The lowest BCUT2D eigenvalue weighted by atomic mass is 9.77. The van der Waals surface area contributed by atoms with Gasteiger partial charge in [-0.2, -0.15) is 0 Å². The first-order valence-electron chi connectivity index (χ1n) is 9.75. The fraction of sp³-hybridized carbons (Fsp3) is 0.824. The highest BCUT2D eigenvalue weighted by Crippen LogP contribution is 2.41. The van der Waals surface area contributed by atoms with Gasteiger partial charge in [0.1, 0.15) is 12.5 Å². The minimum absolute atomic E-state index is 0.0458. The van der Waals surface area contributed by atoms with Crippen LogP contribution >= 0.6 is 0 Å². The number of piperidine rings is 1. The number of carbonyl (C=O) groups excluding carboxylic acids is 2. The molecule has 10 nitrogen and oxygen atoms in total. The third-order valence-electron chi connectivity index (χ3n) is 6.05. The van der Waals surface area contributed by atoms with Crippen LogP contribution in [0.25, 0.3) is 0 Å². The molecule has 3 fully saturated rings. The number of aromatic nitrogens is 4. The van der Waals surface area contributed by atoms with Crippen LogP contribution in [0.15, 0.2) is 6.33 Å². The van der Waals surface area contributed by atoms with Crippen molar-refractivity contribution in [2.24, 2.45) is 17.3 Å². The Bertz CT molecular complexity index is 683. The lowest BCUT2D eigenvalue weighted by molar-refractivity contribution is -0.138. The van der Waals surface area contributed by atoms with E-state index in [0.29, 0.717) is 32.0 Å². The molecule has 3 aliphatic heterocycles. The van der Waals surface area contributed by atoms with Gasteiger partial charge in [0.05, 0.1) is 5.92 Å². The summed E-state index contributed by atoms with van der Waals surface area (Å²) in [4.78, 5) is 29.4. The van der Waals surface area contributed by atoms with Crippen molar-refractivity contribution in [2.75, 3.05) is 32.7 Å². The van der Waals surface area contributed by atoms with E-state index in [1.807, 2.05) is 9.80 Å². The van der Waals surface area contributed by atoms with Gasteiger partial charge in [-0.3, -0.25) is 15.0 Å². The highest BCUT2D eigenvalue weighted by molar-refractivity contribution is 5.81. The van der Waals surface area contributed by atoms with E-state index < -0.39 is 0 Å². The normalized spacial score (nSPS) is 27.9. The number of nitrogens with zero attached hydrogens (tertiary/aromatic N) is 6. The summed E-state index contributed by atoms with van der Waals surface area (Å²) < 4.78 is 1.58. The molecule has 2 atom stereocenters. The second kappa shape index (κ2) is 7.16. The highest BCUT2D eigenvalue weighted by Gasteiger charge is 2.46. The summed E-state index contributed by atoms with van der Waals surface area (Å²) in [6.07, 6.45) is 3.65. The van der Waals surface area contributed by atoms with E-state index in [4.69, 9.17) is 0 Å². The molecule has 27 heavy (non-hydrogen) atoms. The zero-order chi connectivity index (χ0) is 19.0. The van der Waals surface area contributed by atoms with Crippen LogP contribution in [-0.2, 0) is 9.59 Å². The number of nitrogens with one attached hydrogen (secondary N) is 2. The van der Waals surface area contributed by atoms with Gasteiger partial charge in [0.2, 0.25) is 11.8 Å². The van der Waals surface area contributed by atoms with Crippen molar-refractivity contribution in [3.8, 4) is 0 Å². The van der Waals surface area contributed by atoms with Crippen LogP contribution in [0.3, 0.4) is 0 Å². The zero-order valence-corrected chi connectivity index (χ0v) is 16.0. The maximum Gasteiger partial charge on any atom is 0.230 e. The largest absolute Gasteiger partial charge is 0.342 e. The van der Waals surface area contributed by atoms with E-state index in [9.17, 15) is 9.59 Å². The molecule has 3 aliphatic rings. The smallest absolute Gasteiger partial charge is 0.230 e. The van der Waals surface area contributed by atoms with Crippen molar-refractivity contribution in [1.29, 1.82) is 0 Å². The molecule has 2 amide bonds. The van der Waals surface area contributed by atoms with Crippen LogP contribution in [0.1, 0.15) is 39.3 Å². The molecule has 1 aromatic heterocycles. The van der Waals surface area contributed by atoms with E-state index in [0.717, 1.165) is 25.9 Å². The zero-order valence-electron chi connectivity index (χ0n) is 16.0. The Labute approximate surface area is 158 Å². The van der Waals surface area contributed by atoms with Crippen molar-refractivity contribution in [3.05, 3.63) is 6.33 Å². The van der Waals surface area contributed by atoms with Gasteiger partial charge in [0.15, 0.2) is 0 Å². The molecular formula is C17H28N8O2. The molecule has 0 bridgehead atoms.